The number of alkyl halides is 2. The van der Waals surface area contributed by atoms with E-state index in [1.807, 2.05) is 41.6 Å². The Morgan fingerprint density at radius 1 is 1.37 bits per heavy atom. The lowest BCUT2D eigenvalue weighted by Crippen LogP contribution is -2.32. The molecule has 0 radical (unpaired) electrons. The normalized spacial score (nSPS) is 12.9. The van der Waals surface area contributed by atoms with Crippen LogP contribution in [-0.2, 0) is 9.53 Å². The number of hydrogen-bond donors (Lipinski definition) is 0. The molecule has 1 rings (SSSR count). The first-order valence-electron chi connectivity index (χ1n) is 5.80. The van der Waals surface area contributed by atoms with Gasteiger partial charge in [0.1, 0.15) is 0 Å². The van der Waals surface area contributed by atoms with E-state index in [1.54, 1.807) is 12.1 Å². The molecule has 0 atom stereocenters. The van der Waals surface area contributed by atoms with Gasteiger partial charge in [0.15, 0.2) is 0 Å². The van der Waals surface area contributed by atoms with E-state index in [9.17, 15) is 13.6 Å². The summed E-state index contributed by atoms with van der Waals surface area (Å²) in [6.45, 7) is 4.52. The first-order chi connectivity index (χ1) is 8.82. The summed E-state index contributed by atoms with van der Waals surface area (Å²) in [5.74, 6) is -5.11. The molecule has 0 saturated carbocycles. The second-order valence-electron chi connectivity index (χ2n) is 4.05. The van der Waals surface area contributed by atoms with Gasteiger partial charge < -0.3 is 4.74 Å². The van der Waals surface area contributed by atoms with Gasteiger partial charge in [0.05, 0.1) is 6.61 Å². The first kappa shape index (κ1) is 16.1. The number of ether oxygens (including phenoxy) is 1. The van der Waals surface area contributed by atoms with Crippen molar-refractivity contribution in [2.45, 2.75) is 26.7 Å². The summed E-state index contributed by atoms with van der Waals surface area (Å²) in [6, 6.07) is 7.20. The summed E-state index contributed by atoms with van der Waals surface area (Å²) in [5.41, 5.74) is 1.29. The fourth-order valence-electron chi connectivity index (χ4n) is 1.53. The van der Waals surface area contributed by atoms with Crippen molar-refractivity contribution in [1.29, 1.82) is 0 Å². The van der Waals surface area contributed by atoms with Gasteiger partial charge >= 0.3 is 11.9 Å². The standard InChI is InChI=1S/C14H15F2IO2/c1-4-19-13(18)14(15,16)10(3)12(17)11-8-6-5-7-9(11)2/h5-8H,4H2,1-3H3/b12-10+. The van der Waals surface area contributed by atoms with Crippen molar-refractivity contribution in [1.82, 2.24) is 0 Å². The van der Waals surface area contributed by atoms with Gasteiger partial charge in [-0.1, -0.05) is 24.3 Å². The largest absolute Gasteiger partial charge is 0.461 e. The topological polar surface area (TPSA) is 26.3 Å². The number of benzene rings is 1. The molecule has 5 heteroatoms. The minimum absolute atomic E-state index is 0.0668. The fourth-order valence-corrected chi connectivity index (χ4v) is 2.48. The van der Waals surface area contributed by atoms with Crippen LogP contribution in [-0.4, -0.2) is 18.5 Å². The van der Waals surface area contributed by atoms with Crippen molar-refractivity contribution < 1.29 is 18.3 Å². The molecule has 0 saturated heterocycles. The molecule has 0 aromatic heterocycles. The molecule has 0 heterocycles. The number of carbonyl (C=O) groups is 1. The van der Waals surface area contributed by atoms with Crippen molar-refractivity contribution in [2.24, 2.45) is 0 Å². The second-order valence-corrected chi connectivity index (χ2v) is 5.13. The summed E-state index contributed by atoms with van der Waals surface area (Å²) in [6.07, 6.45) is 0. The minimum Gasteiger partial charge on any atom is -0.461 e. The number of esters is 1. The maximum absolute atomic E-state index is 13.9. The third-order valence-electron chi connectivity index (χ3n) is 2.71. The third-order valence-corrected chi connectivity index (χ3v) is 4.10. The summed E-state index contributed by atoms with van der Waals surface area (Å²) < 4.78 is 32.6. The Kier molecular flexibility index (Phi) is 5.46. The van der Waals surface area contributed by atoms with Gasteiger partial charge in [-0.15, -0.1) is 0 Å². The van der Waals surface area contributed by atoms with Crippen molar-refractivity contribution >= 4 is 32.1 Å². The Bertz CT molecular complexity index is 510. The number of halogens is 3. The fraction of sp³-hybridized carbons (Fsp3) is 0.357. The summed E-state index contributed by atoms with van der Waals surface area (Å²) >= 11 is 1.84. The molecule has 0 N–H and O–H groups in total. The Balaban J connectivity index is 3.22. The van der Waals surface area contributed by atoms with Gasteiger partial charge in [-0.2, -0.15) is 8.78 Å². The summed E-state index contributed by atoms with van der Waals surface area (Å²) in [7, 11) is 0. The zero-order valence-electron chi connectivity index (χ0n) is 11.0. The molecule has 0 aliphatic carbocycles. The highest BCUT2D eigenvalue weighted by molar-refractivity contribution is 14.1. The van der Waals surface area contributed by atoms with Crippen LogP contribution >= 0.6 is 22.6 Å². The van der Waals surface area contributed by atoms with Crippen LogP contribution in [0.4, 0.5) is 8.78 Å². The molecule has 0 fully saturated rings. The van der Waals surface area contributed by atoms with Crippen LogP contribution in [0.5, 0.6) is 0 Å². The lowest BCUT2D eigenvalue weighted by Gasteiger charge is -2.18. The van der Waals surface area contributed by atoms with E-state index in [4.69, 9.17) is 0 Å². The molecule has 0 spiro atoms. The third kappa shape index (κ3) is 3.52. The molecule has 2 nitrogen and oxygen atoms in total. The lowest BCUT2D eigenvalue weighted by molar-refractivity contribution is -0.165. The molecule has 1 aromatic carbocycles. The van der Waals surface area contributed by atoms with Crippen molar-refractivity contribution in [2.75, 3.05) is 6.61 Å². The molecule has 0 aliphatic heterocycles. The average Bonchev–Trinajstić information content (AvgIpc) is 2.37. The van der Waals surface area contributed by atoms with E-state index in [0.717, 1.165) is 5.56 Å². The molecule has 0 aliphatic rings. The zero-order chi connectivity index (χ0) is 14.6. The molecule has 0 bridgehead atoms. The molecule has 19 heavy (non-hydrogen) atoms. The zero-order valence-corrected chi connectivity index (χ0v) is 13.1. The van der Waals surface area contributed by atoms with Gasteiger partial charge in [0.25, 0.3) is 0 Å². The van der Waals surface area contributed by atoms with Gasteiger partial charge in [-0.05, 0) is 54.5 Å². The molecule has 0 amide bonds. The van der Waals surface area contributed by atoms with Gasteiger partial charge in [-0.25, -0.2) is 4.79 Å². The number of hydrogen-bond acceptors (Lipinski definition) is 2. The number of aryl methyl sites for hydroxylation is 1. The van der Waals surface area contributed by atoms with E-state index in [0.29, 0.717) is 9.14 Å². The van der Waals surface area contributed by atoms with Crippen LogP contribution in [0, 0.1) is 6.92 Å². The van der Waals surface area contributed by atoms with Gasteiger partial charge in [0, 0.05) is 9.15 Å². The Labute approximate surface area is 125 Å². The highest BCUT2D eigenvalue weighted by Gasteiger charge is 2.44. The molecular weight excluding hydrogens is 365 g/mol. The molecule has 104 valence electrons. The van der Waals surface area contributed by atoms with Gasteiger partial charge in [0.2, 0.25) is 0 Å². The van der Waals surface area contributed by atoms with Crippen LogP contribution in [0.25, 0.3) is 3.58 Å². The Morgan fingerprint density at radius 3 is 2.47 bits per heavy atom. The SMILES string of the molecule is CCOC(=O)C(F)(F)/C(C)=C(/I)c1ccccc1C. The van der Waals surface area contributed by atoms with Crippen LogP contribution in [0.2, 0.25) is 0 Å². The van der Waals surface area contributed by atoms with E-state index >= 15 is 0 Å². The van der Waals surface area contributed by atoms with Crippen molar-refractivity contribution in [3.8, 4) is 0 Å². The van der Waals surface area contributed by atoms with E-state index in [2.05, 4.69) is 4.74 Å². The Morgan fingerprint density at radius 2 is 1.95 bits per heavy atom. The predicted octanol–water partition coefficient (Wildman–Crippen LogP) is 4.36. The highest BCUT2D eigenvalue weighted by Crippen LogP contribution is 2.36. The monoisotopic (exact) mass is 380 g/mol. The van der Waals surface area contributed by atoms with E-state index in [-0.39, 0.29) is 12.2 Å². The summed E-state index contributed by atoms with van der Waals surface area (Å²) in [4.78, 5) is 11.3. The van der Waals surface area contributed by atoms with E-state index < -0.39 is 11.9 Å². The maximum atomic E-state index is 13.9. The lowest BCUT2D eigenvalue weighted by atomic mass is 10.0. The van der Waals surface area contributed by atoms with Crippen LogP contribution in [0.3, 0.4) is 0 Å². The first-order valence-corrected chi connectivity index (χ1v) is 6.88. The number of rotatable bonds is 4. The molecule has 1 aromatic rings. The maximum Gasteiger partial charge on any atom is 0.381 e. The molecular formula is C14H15F2IO2. The second kappa shape index (κ2) is 6.45. The van der Waals surface area contributed by atoms with Crippen LogP contribution < -0.4 is 0 Å². The Hall–Kier alpha value is -0.980. The van der Waals surface area contributed by atoms with Crippen molar-refractivity contribution in [3.63, 3.8) is 0 Å². The highest BCUT2D eigenvalue weighted by atomic mass is 127. The quantitative estimate of drug-likeness (QED) is 0.573. The minimum atomic E-state index is -3.60. The van der Waals surface area contributed by atoms with E-state index in [1.165, 1.54) is 13.8 Å². The van der Waals surface area contributed by atoms with Crippen LogP contribution in [0.1, 0.15) is 25.0 Å². The molecule has 0 unspecified atom stereocenters. The van der Waals surface area contributed by atoms with Crippen molar-refractivity contribution in [3.05, 3.63) is 41.0 Å². The van der Waals surface area contributed by atoms with Gasteiger partial charge in [-0.3, -0.25) is 0 Å². The van der Waals surface area contributed by atoms with Crippen LogP contribution in [0.15, 0.2) is 29.8 Å². The summed E-state index contributed by atoms with van der Waals surface area (Å²) in [5, 5.41) is 0. The predicted molar refractivity (Wildman–Crippen MR) is 79.4 cm³/mol. The smallest absolute Gasteiger partial charge is 0.381 e. The number of carbonyl (C=O) groups excluding carboxylic acids is 1. The average molecular weight is 380 g/mol.